The Kier molecular flexibility index (Phi) is 5.50. The lowest BCUT2D eigenvalue weighted by atomic mass is 10.3. The molecule has 1 saturated heterocycles. The third-order valence-corrected chi connectivity index (χ3v) is 6.11. The van der Waals surface area contributed by atoms with Gasteiger partial charge in [0.2, 0.25) is 5.91 Å². The van der Waals surface area contributed by atoms with Crippen LogP contribution >= 0.6 is 23.1 Å². The fourth-order valence-corrected chi connectivity index (χ4v) is 4.59. The maximum absolute atomic E-state index is 12.3. The molecule has 7 heteroatoms. The molecule has 0 spiro atoms. The van der Waals surface area contributed by atoms with Crippen LogP contribution in [0.25, 0.3) is 10.2 Å². The van der Waals surface area contributed by atoms with Crippen molar-refractivity contribution in [1.82, 2.24) is 19.8 Å². The van der Waals surface area contributed by atoms with Crippen molar-refractivity contribution in [2.24, 2.45) is 0 Å². The Morgan fingerprint density at radius 3 is 2.83 bits per heavy atom. The van der Waals surface area contributed by atoms with Gasteiger partial charge in [-0.25, -0.2) is 9.97 Å². The van der Waals surface area contributed by atoms with Crippen molar-refractivity contribution in [3.05, 3.63) is 17.3 Å². The molecule has 1 aliphatic rings. The molecule has 3 heterocycles. The highest BCUT2D eigenvalue weighted by molar-refractivity contribution is 7.99. The van der Waals surface area contributed by atoms with Gasteiger partial charge in [0.1, 0.15) is 16.2 Å². The molecule has 0 unspecified atom stereocenters. The summed E-state index contributed by atoms with van der Waals surface area (Å²) in [7, 11) is 0. The van der Waals surface area contributed by atoms with Crippen LogP contribution < -0.4 is 0 Å². The molecule has 3 rings (SSSR count). The van der Waals surface area contributed by atoms with E-state index in [2.05, 4.69) is 34.8 Å². The van der Waals surface area contributed by atoms with Crippen LogP contribution in [0.4, 0.5) is 0 Å². The molecule has 2 aromatic rings. The number of hydrogen-bond donors (Lipinski definition) is 0. The highest BCUT2D eigenvalue weighted by atomic mass is 32.2. The van der Waals surface area contributed by atoms with E-state index in [9.17, 15) is 4.79 Å². The summed E-state index contributed by atoms with van der Waals surface area (Å²) in [6.45, 7) is 9.04. The standard InChI is InChI=1S/C16H22N4OS2/c1-3-19-5-7-20(8-6-19)14(21)4-9-22-15-13-10-12(2)23-16(13)18-11-17-15/h10-11H,3-9H2,1-2H3. The van der Waals surface area contributed by atoms with Crippen LogP contribution in [0.5, 0.6) is 0 Å². The first-order chi connectivity index (χ1) is 11.2. The van der Waals surface area contributed by atoms with Gasteiger partial charge >= 0.3 is 0 Å². The molecule has 0 aliphatic carbocycles. The van der Waals surface area contributed by atoms with Crippen molar-refractivity contribution in [1.29, 1.82) is 0 Å². The number of thiophene rings is 1. The third-order valence-electron chi connectivity index (χ3n) is 4.14. The van der Waals surface area contributed by atoms with E-state index in [1.54, 1.807) is 29.4 Å². The number of carbonyl (C=O) groups is 1. The Morgan fingerprint density at radius 1 is 1.30 bits per heavy atom. The molecule has 0 N–H and O–H groups in total. The number of carbonyl (C=O) groups excluding carboxylic acids is 1. The molecule has 124 valence electrons. The molecule has 0 radical (unpaired) electrons. The first kappa shape index (κ1) is 16.7. The van der Waals surface area contributed by atoms with Crippen molar-refractivity contribution < 1.29 is 4.79 Å². The fraction of sp³-hybridized carbons (Fsp3) is 0.562. The number of rotatable bonds is 5. The van der Waals surface area contributed by atoms with E-state index in [0.717, 1.165) is 53.7 Å². The summed E-state index contributed by atoms with van der Waals surface area (Å²) in [5.74, 6) is 1.04. The Hall–Kier alpha value is -1.18. The number of aryl methyl sites for hydroxylation is 1. The van der Waals surface area contributed by atoms with E-state index in [0.29, 0.717) is 6.42 Å². The lowest BCUT2D eigenvalue weighted by Gasteiger charge is -2.34. The average molecular weight is 351 g/mol. The first-order valence-electron chi connectivity index (χ1n) is 8.01. The summed E-state index contributed by atoms with van der Waals surface area (Å²) in [5.41, 5.74) is 0. The van der Waals surface area contributed by atoms with E-state index >= 15 is 0 Å². The quantitative estimate of drug-likeness (QED) is 0.613. The number of fused-ring (bicyclic) bond motifs is 1. The van der Waals surface area contributed by atoms with Gasteiger partial charge in [-0.3, -0.25) is 4.79 Å². The van der Waals surface area contributed by atoms with Gasteiger partial charge in [0, 0.05) is 48.6 Å². The number of amides is 1. The van der Waals surface area contributed by atoms with Crippen LogP contribution in [0, 0.1) is 6.92 Å². The zero-order valence-corrected chi connectivity index (χ0v) is 15.3. The normalized spacial score (nSPS) is 16.2. The molecule has 0 atom stereocenters. The summed E-state index contributed by atoms with van der Waals surface area (Å²) in [6, 6.07) is 2.13. The van der Waals surface area contributed by atoms with Gasteiger partial charge in [-0.05, 0) is 19.5 Å². The fourth-order valence-electron chi connectivity index (χ4n) is 2.78. The molecular formula is C16H22N4OS2. The second-order valence-corrected chi connectivity index (χ2v) is 7.99. The smallest absolute Gasteiger partial charge is 0.223 e. The topological polar surface area (TPSA) is 49.3 Å². The van der Waals surface area contributed by atoms with Gasteiger partial charge in [-0.15, -0.1) is 23.1 Å². The molecular weight excluding hydrogens is 328 g/mol. The molecule has 1 aliphatic heterocycles. The number of piperazine rings is 1. The second-order valence-electron chi connectivity index (χ2n) is 5.67. The Labute approximate surface area is 145 Å². The van der Waals surface area contributed by atoms with Crippen molar-refractivity contribution >= 4 is 39.2 Å². The van der Waals surface area contributed by atoms with E-state index in [1.807, 2.05) is 4.90 Å². The number of thioether (sulfide) groups is 1. The lowest BCUT2D eigenvalue weighted by Crippen LogP contribution is -2.48. The van der Waals surface area contributed by atoms with E-state index < -0.39 is 0 Å². The Balaban J connectivity index is 1.52. The molecule has 5 nitrogen and oxygen atoms in total. The van der Waals surface area contributed by atoms with Gasteiger partial charge in [-0.2, -0.15) is 0 Å². The summed E-state index contributed by atoms with van der Waals surface area (Å²) in [6.07, 6.45) is 2.19. The Bertz CT molecular complexity index is 680. The van der Waals surface area contributed by atoms with Crippen molar-refractivity contribution in [2.45, 2.75) is 25.3 Å². The van der Waals surface area contributed by atoms with Gasteiger partial charge in [0.15, 0.2) is 0 Å². The predicted octanol–water partition coefficient (Wildman–Crippen LogP) is 2.65. The predicted molar refractivity (Wildman–Crippen MR) is 96.2 cm³/mol. The van der Waals surface area contributed by atoms with Gasteiger partial charge < -0.3 is 9.80 Å². The SMILES string of the molecule is CCN1CCN(C(=O)CCSc2ncnc3sc(C)cc23)CC1. The maximum Gasteiger partial charge on any atom is 0.223 e. The highest BCUT2D eigenvalue weighted by Gasteiger charge is 2.19. The van der Waals surface area contributed by atoms with Crippen molar-refractivity contribution in [2.75, 3.05) is 38.5 Å². The molecule has 0 aromatic carbocycles. The molecule has 0 saturated carbocycles. The van der Waals surface area contributed by atoms with E-state index in [-0.39, 0.29) is 5.91 Å². The van der Waals surface area contributed by atoms with Crippen LogP contribution in [0.3, 0.4) is 0 Å². The largest absolute Gasteiger partial charge is 0.340 e. The average Bonchev–Trinajstić information content (AvgIpc) is 2.96. The summed E-state index contributed by atoms with van der Waals surface area (Å²) in [5, 5.41) is 2.10. The maximum atomic E-state index is 12.3. The molecule has 0 bridgehead atoms. The van der Waals surface area contributed by atoms with Gasteiger partial charge in [-0.1, -0.05) is 6.92 Å². The van der Waals surface area contributed by atoms with Crippen molar-refractivity contribution in [3.8, 4) is 0 Å². The van der Waals surface area contributed by atoms with Crippen LogP contribution in [-0.4, -0.2) is 64.2 Å². The number of nitrogens with zero attached hydrogens (tertiary/aromatic N) is 4. The molecule has 1 amide bonds. The number of hydrogen-bond acceptors (Lipinski definition) is 6. The Morgan fingerprint density at radius 2 is 2.09 bits per heavy atom. The minimum absolute atomic E-state index is 0.264. The first-order valence-corrected chi connectivity index (χ1v) is 9.81. The van der Waals surface area contributed by atoms with Gasteiger partial charge in [0.05, 0.1) is 0 Å². The van der Waals surface area contributed by atoms with Crippen molar-refractivity contribution in [3.63, 3.8) is 0 Å². The zero-order chi connectivity index (χ0) is 16.2. The summed E-state index contributed by atoms with van der Waals surface area (Å²) >= 11 is 3.35. The van der Waals surface area contributed by atoms with Crippen LogP contribution in [-0.2, 0) is 4.79 Å². The van der Waals surface area contributed by atoms with Crippen LogP contribution in [0.15, 0.2) is 17.4 Å². The minimum Gasteiger partial charge on any atom is -0.340 e. The number of likely N-dealkylation sites (N-methyl/N-ethyl adjacent to an activating group) is 1. The van der Waals surface area contributed by atoms with E-state index in [1.165, 1.54) is 4.88 Å². The second kappa shape index (κ2) is 7.59. The van der Waals surface area contributed by atoms with Gasteiger partial charge in [0.25, 0.3) is 0 Å². The molecule has 23 heavy (non-hydrogen) atoms. The zero-order valence-electron chi connectivity index (χ0n) is 13.6. The summed E-state index contributed by atoms with van der Waals surface area (Å²) in [4.78, 5) is 27.7. The molecule has 1 fully saturated rings. The summed E-state index contributed by atoms with van der Waals surface area (Å²) < 4.78 is 0. The minimum atomic E-state index is 0.264. The van der Waals surface area contributed by atoms with Crippen LogP contribution in [0.2, 0.25) is 0 Å². The molecule has 2 aromatic heterocycles. The highest BCUT2D eigenvalue weighted by Crippen LogP contribution is 2.30. The lowest BCUT2D eigenvalue weighted by molar-refractivity contribution is -0.132. The third kappa shape index (κ3) is 4.02. The van der Waals surface area contributed by atoms with E-state index in [4.69, 9.17) is 0 Å². The van der Waals surface area contributed by atoms with Crippen LogP contribution in [0.1, 0.15) is 18.2 Å². The monoisotopic (exact) mass is 350 g/mol. The number of aromatic nitrogens is 2.